The maximum Gasteiger partial charge on any atom is 0.0476 e. The van der Waals surface area contributed by atoms with Crippen LogP contribution in [0.15, 0.2) is 158 Å². The minimum absolute atomic E-state index is 0.398. The summed E-state index contributed by atoms with van der Waals surface area (Å²) in [6.45, 7) is 0. The molecular weight excluding hydrogens is 611 g/mol. The van der Waals surface area contributed by atoms with Crippen molar-refractivity contribution in [3.05, 3.63) is 163 Å². The zero-order chi connectivity index (χ0) is 32.4. The highest BCUT2D eigenvalue weighted by Crippen LogP contribution is 2.55. The van der Waals surface area contributed by atoms with Crippen molar-refractivity contribution in [3.8, 4) is 22.3 Å². The Labute approximate surface area is 292 Å². The summed E-state index contributed by atoms with van der Waals surface area (Å²) in [5.41, 5.74) is 10.5. The highest BCUT2D eigenvalue weighted by Gasteiger charge is 2.45. The number of rotatable bonds is 6. The van der Waals surface area contributed by atoms with Gasteiger partial charge in [0.2, 0.25) is 0 Å². The van der Waals surface area contributed by atoms with Crippen LogP contribution in [-0.4, -0.2) is 0 Å². The molecule has 2 saturated carbocycles. The molecule has 8 aromatic rings. The monoisotopic (exact) mass is 647 g/mol. The Morgan fingerprint density at radius 2 is 1.16 bits per heavy atom. The van der Waals surface area contributed by atoms with Gasteiger partial charge >= 0.3 is 0 Å². The van der Waals surface area contributed by atoms with Crippen LogP contribution < -0.4 is 4.90 Å². The molecule has 2 heteroatoms. The number of fused-ring (bicyclic) bond motifs is 6. The van der Waals surface area contributed by atoms with E-state index in [1.807, 2.05) is 11.3 Å². The standard InChI is InChI=1S/C47H37NS/c1-2-9-33(10-3-1)40-16-7-11-34-12-8-17-41(46(34)40)35-13-6-14-38(29-35)48(37-21-19-36(20-22-37)47-27-25-32(31-47)26-28-47)39-23-24-43-42-15-4-5-18-44(42)49-45(43)30-39/h1-24,29-30,32H,25-28,31H2. The average molecular weight is 648 g/mol. The molecule has 2 bridgehead atoms. The summed E-state index contributed by atoms with van der Waals surface area (Å²) in [6, 6.07) is 58.8. The molecule has 0 unspecified atom stereocenters. The Morgan fingerprint density at radius 3 is 1.94 bits per heavy atom. The first-order valence-electron chi connectivity index (χ1n) is 17.7. The van der Waals surface area contributed by atoms with Crippen LogP contribution in [0, 0.1) is 5.92 Å². The van der Waals surface area contributed by atoms with Crippen molar-refractivity contribution in [3.63, 3.8) is 0 Å². The number of hydrogen-bond acceptors (Lipinski definition) is 2. The fraction of sp³-hybridized carbons (Fsp3) is 0.149. The first kappa shape index (κ1) is 28.8. The summed E-state index contributed by atoms with van der Waals surface area (Å²) < 4.78 is 2.66. The Hall–Kier alpha value is -5.18. The molecule has 0 aliphatic heterocycles. The zero-order valence-corrected chi connectivity index (χ0v) is 28.3. The predicted octanol–water partition coefficient (Wildman–Crippen LogP) is 13.8. The lowest BCUT2D eigenvalue weighted by Crippen LogP contribution is -2.19. The number of anilines is 3. The number of nitrogens with zero attached hydrogens (tertiary/aromatic N) is 1. The van der Waals surface area contributed by atoms with E-state index in [-0.39, 0.29) is 0 Å². The summed E-state index contributed by atoms with van der Waals surface area (Å²) in [5.74, 6) is 0.934. The van der Waals surface area contributed by atoms with Crippen molar-refractivity contribution in [1.29, 1.82) is 0 Å². The second kappa shape index (κ2) is 11.5. The van der Waals surface area contributed by atoms with E-state index in [1.165, 1.54) is 108 Å². The second-order valence-corrected chi connectivity index (χ2v) is 15.3. The van der Waals surface area contributed by atoms with Crippen LogP contribution in [0.5, 0.6) is 0 Å². The summed E-state index contributed by atoms with van der Waals surface area (Å²) in [4.78, 5) is 2.46. The SMILES string of the molecule is c1ccc(-c2cccc3cccc(-c4cccc(N(c5ccc(C67CCC(CC6)C7)cc5)c5ccc6c(c5)sc5ccccc56)c4)c23)cc1. The first-order chi connectivity index (χ1) is 24.2. The second-order valence-electron chi connectivity index (χ2n) is 14.2. The molecule has 236 valence electrons. The van der Waals surface area contributed by atoms with E-state index in [1.54, 1.807) is 0 Å². The van der Waals surface area contributed by atoms with Crippen molar-refractivity contribution in [2.24, 2.45) is 5.92 Å². The lowest BCUT2D eigenvalue weighted by molar-refractivity contribution is 0.419. The molecule has 0 atom stereocenters. The molecule has 0 spiro atoms. The van der Waals surface area contributed by atoms with Gasteiger partial charge in [0, 0.05) is 37.2 Å². The minimum atomic E-state index is 0.398. The highest BCUT2D eigenvalue weighted by molar-refractivity contribution is 7.25. The lowest BCUT2D eigenvalue weighted by Gasteiger charge is -2.29. The van der Waals surface area contributed by atoms with Gasteiger partial charge < -0.3 is 4.90 Å². The van der Waals surface area contributed by atoms with E-state index < -0.39 is 0 Å². The van der Waals surface area contributed by atoms with E-state index >= 15 is 0 Å². The maximum absolute atomic E-state index is 2.46. The van der Waals surface area contributed by atoms with E-state index in [4.69, 9.17) is 0 Å². The van der Waals surface area contributed by atoms with Gasteiger partial charge in [0.05, 0.1) is 0 Å². The third-order valence-corrected chi connectivity index (χ3v) is 12.6. The fourth-order valence-electron chi connectivity index (χ4n) is 9.11. The third-order valence-electron chi connectivity index (χ3n) is 11.5. The molecule has 0 radical (unpaired) electrons. The lowest BCUT2D eigenvalue weighted by atomic mass is 9.78. The van der Waals surface area contributed by atoms with Crippen molar-refractivity contribution in [2.45, 2.75) is 37.5 Å². The van der Waals surface area contributed by atoms with Crippen LogP contribution in [-0.2, 0) is 5.41 Å². The topological polar surface area (TPSA) is 3.24 Å². The largest absolute Gasteiger partial charge is 0.310 e. The van der Waals surface area contributed by atoms with E-state index in [0.717, 1.165) is 5.92 Å². The fourth-order valence-corrected chi connectivity index (χ4v) is 10.3. The molecule has 2 fully saturated rings. The zero-order valence-electron chi connectivity index (χ0n) is 27.5. The van der Waals surface area contributed by atoms with Crippen LogP contribution in [0.2, 0.25) is 0 Å². The van der Waals surface area contributed by atoms with Gasteiger partial charge in [0.25, 0.3) is 0 Å². The Balaban J connectivity index is 1.13. The van der Waals surface area contributed by atoms with Crippen molar-refractivity contribution in [2.75, 3.05) is 4.90 Å². The van der Waals surface area contributed by atoms with Gasteiger partial charge in [-0.25, -0.2) is 0 Å². The van der Waals surface area contributed by atoms with Gasteiger partial charge in [-0.05, 0) is 124 Å². The molecule has 7 aromatic carbocycles. The molecule has 10 rings (SSSR count). The van der Waals surface area contributed by atoms with Crippen molar-refractivity contribution < 1.29 is 0 Å². The smallest absolute Gasteiger partial charge is 0.0476 e. The molecule has 1 nitrogen and oxygen atoms in total. The molecule has 0 amide bonds. The Bertz CT molecular complexity index is 2480. The third kappa shape index (κ3) is 4.81. The first-order valence-corrected chi connectivity index (χ1v) is 18.5. The molecule has 1 heterocycles. The van der Waals surface area contributed by atoms with Gasteiger partial charge in [0.1, 0.15) is 0 Å². The van der Waals surface area contributed by atoms with Gasteiger partial charge in [-0.15, -0.1) is 11.3 Å². The van der Waals surface area contributed by atoms with E-state index in [0.29, 0.717) is 5.41 Å². The summed E-state index contributed by atoms with van der Waals surface area (Å²) in [5, 5.41) is 5.21. The van der Waals surface area contributed by atoms with Crippen LogP contribution >= 0.6 is 11.3 Å². The van der Waals surface area contributed by atoms with Crippen LogP contribution in [0.1, 0.15) is 37.7 Å². The average Bonchev–Trinajstić information content (AvgIpc) is 3.89. The molecule has 1 aromatic heterocycles. The summed E-state index contributed by atoms with van der Waals surface area (Å²) in [7, 11) is 0. The van der Waals surface area contributed by atoms with Gasteiger partial charge in [-0.2, -0.15) is 0 Å². The van der Waals surface area contributed by atoms with Gasteiger partial charge in [-0.1, -0.05) is 115 Å². The van der Waals surface area contributed by atoms with Gasteiger partial charge in [0.15, 0.2) is 0 Å². The van der Waals surface area contributed by atoms with E-state index in [2.05, 4.69) is 163 Å². The number of thiophene rings is 1. The number of hydrogen-bond donors (Lipinski definition) is 0. The predicted molar refractivity (Wildman–Crippen MR) is 211 cm³/mol. The van der Waals surface area contributed by atoms with Gasteiger partial charge in [-0.3, -0.25) is 0 Å². The normalized spacial score (nSPS) is 18.5. The van der Waals surface area contributed by atoms with Crippen LogP contribution in [0.4, 0.5) is 17.1 Å². The minimum Gasteiger partial charge on any atom is -0.310 e. The van der Waals surface area contributed by atoms with E-state index in [9.17, 15) is 0 Å². The van der Waals surface area contributed by atoms with Crippen molar-refractivity contribution in [1.82, 2.24) is 0 Å². The Kier molecular flexibility index (Phi) is 6.74. The van der Waals surface area contributed by atoms with Crippen LogP contribution in [0.3, 0.4) is 0 Å². The molecule has 49 heavy (non-hydrogen) atoms. The Morgan fingerprint density at radius 1 is 0.510 bits per heavy atom. The molecular formula is C47H37NS. The molecule has 0 saturated heterocycles. The summed E-state index contributed by atoms with van der Waals surface area (Å²) >= 11 is 1.88. The molecule has 0 N–H and O–H groups in total. The molecule has 2 aliphatic carbocycles. The summed E-state index contributed by atoms with van der Waals surface area (Å²) in [6.07, 6.45) is 6.87. The van der Waals surface area contributed by atoms with Crippen LogP contribution in [0.25, 0.3) is 53.2 Å². The quantitative estimate of drug-likeness (QED) is 0.174. The van der Waals surface area contributed by atoms with Crippen molar-refractivity contribution >= 4 is 59.3 Å². The highest BCUT2D eigenvalue weighted by atomic mass is 32.1. The molecule has 2 aliphatic rings. The number of benzene rings is 7. The maximum atomic E-state index is 2.46.